The number of anilines is 4. The number of hydrogen-bond donors (Lipinski definition) is 1. The van der Waals surface area contributed by atoms with Gasteiger partial charge in [0, 0.05) is 74.1 Å². The van der Waals surface area contributed by atoms with Crippen molar-refractivity contribution in [3.8, 4) is 5.75 Å². The highest BCUT2D eigenvalue weighted by Gasteiger charge is 2.34. The van der Waals surface area contributed by atoms with Crippen molar-refractivity contribution in [3.05, 3.63) is 66.0 Å². The maximum atomic E-state index is 14.6. The first-order valence-corrected chi connectivity index (χ1v) is 15.7. The molecule has 0 bridgehead atoms. The zero-order chi connectivity index (χ0) is 30.8. The molecule has 2 aromatic carbocycles. The number of piperazine rings is 1. The van der Waals surface area contributed by atoms with E-state index in [1.807, 2.05) is 6.07 Å². The Morgan fingerprint density at radius 1 is 1.00 bits per heavy atom. The second kappa shape index (κ2) is 13.2. The molecule has 44 heavy (non-hydrogen) atoms. The van der Waals surface area contributed by atoms with E-state index in [4.69, 9.17) is 9.57 Å². The number of aromatic nitrogens is 2. The molecule has 4 heterocycles. The predicted octanol–water partition coefficient (Wildman–Crippen LogP) is 5.77. The predicted molar refractivity (Wildman–Crippen MR) is 169 cm³/mol. The van der Waals surface area contributed by atoms with Crippen molar-refractivity contribution in [2.24, 2.45) is 0 Å². The summed E-state index contributed by atoms with van der Waals surface area (Å²) in [6, 6.07) is 13.4. The van der Waals surface area contributed by atoms with Crippen LogP contribution in [0.3, 0.4) is 0 Å². The van der Waals surface area contributed by atoms with Gasteiger partial charge in [0.2, 0.25) is 0 Å². The molecule has 0 radical (unpaired) electrons. The largest absolute Gasteiger partial charge is 0.494 e. The lowest BCUT2D eigenvalue weighted by molar-refractivity contribution is 0.0141. The number of likely N-dealkylation sites (N-methyl/N-ethyl adjacent to an activating group) is 1. The van der Waals surface area contributed by atoms with E-state index >= 15 is 0 Å². The van der Waals surface area contributed by atoms with Crippen LogP contribution in [0.4, 0.5) is 31.8 Å². The van der Waals surface area contributed by atoms with Gasteiger partial charge in [0.15, 0.2) is 17.5 Å². The first-order valence-electron chi connectivity index (χ1n) is 15.7. The van der Waals surface area contributed by atoms with E-state index in [1.54, 1.807) is 19.2 Å². The highest BCUT2D eigenvalue weighted by atomic mass is 19.2. The minimum Gasteiger partial charge on any atom is -0.494 e. The van der Waals surface area contributed by atoms with Gasteiger partial charge in [0.1, 0.15) is 17.9 Å². The molecule has 0 spiro atoms. The van der Waals surface area contributed by atoms with E-state index < -0.39 is 17.7 Å². The summed E-state index contributed by atoms with van der Waals surface area (Å²) in [6.45, 7) is 12.8. The second-order valence-electron chi connectivity index (χ2n) is 12.1. The molecule has 3 aromatic rings. The maximum Gasteiger partial charge on any atom is 0.164 e. The summed E-state index contributed by atoms with van der Waals surface area (Å²) in [5.41, 5.74) is 2.14. The number of hydroxylamine groups is 1. The number of benzene rings is 2. The second-order valence-corrected chi connectivity index (χ2v) is 12.1. The molecule has 3 fully saturated rings. The van der Waals surface area contributed by atoms with Crippen LogP contribution in [0.2, 0.25) is 0 Å². The lowest BCUT2D eigenvalue weighted by Gasteiger charge is -2.48. The van der Waals surface area contributed by atoms with Crippen LogP contribution in [0.15, 0.2) is 48.8 Å². The van der Waals surface area contributed by atoms with Crippen LogP contribution in [0, 0.1) is 11.6 Å². The summed E-state index contributed by atoms with van der Waals surface area (Å²) in [6.07, 6.45) is 4.23. The quantitative estimate of drug-likeness (QED) is 0.344. The third-order valence-corrected chi connectivity index (χ3v) is 9.41. The molecule has 3 atom stereocenters. The molecule has 0 saturated carbocycles. The molecule has 1 N–H and O–H groups in total. The van der Waals surface area contributed by atoms with Crippen molar-refractivity contribution in [1.29, 1.82) is 0 Å². The Balaban J connectivity index is 1.11. The van der Waals surface area contributed by atoms with Crippen molar-refractivity contribution in [3.63, 3.8) is 0 Å². The SMILES string of the molecule is CCN1[C@H](C)CN(C2CCN(c3ccc(Nc4cc(N5OCC[C@@H]5c5cccc(F)c5F)ncn4)c(OC)c3)CC2)C[C@@H]1C. The van der Waals surface area contributed by atoms with Crippen molar-refractivity contribution in [2.45, 2.75) is 64.2 Å². The van der Waals surface area contributed by atoms with Crippen LogP contribution >= 0.6 is 0 Å². The molecule has 0 amide bonds. The lowest BCUT2D eigenvalue weighted by Crippen LogP contribution is -2.60. The van der Waals surface area contributed by atoms with Crippen molar-refractivity contribution in [1.82, 2.24) is 19.8 Å². The first kappa shape index (κ1) is 30.5. The molecular weight excluding hydrogens is 564 g/mol. The van der Waals surface area contributed by atoms with Gasteiger partial charge < -0.3 is 15.0 Å². The molecule has 11 heteroatoms. The molecule has 1 aromatic heterocycles. The minimum atomic E-state index is -0.881. The molecular formula is C33H43F2N7O2. The highest BCUT2D eigenvalue weighted by molar-refractivity contribution is 5.70. The monoisotopic (exact) mass is 607 g/mol. The summed E-state index contributed by atoms with van der Waals surface area (Å²) in [5.74, 6) is -0.0581. The number of nitrogens with one attached hydrogen (secondary N) is 1. The van der Waals surface area contributed by atoms with Gasteiger partial charge in [-0.05, 0) is 51.4 Å². The van der Waals surface area contributed by atoms with Crippen LogP contribution in [-0.4, -0.2) is 84.3 Å². The Morgan fingerprint density at radius 2 is 1.77 bits per heavy atom. The smallest absolute Gasteiger partial charge is 0.164 e. The fourth-order valence-corrected chi connectivity index (χ4v) is 7.22. The van der Waals surface area contributed by atoms with E-state index in [0.717, 1.165) is 63.0 Å². The minimum absolute atomic E-state index is 0.236. The Labute approximate surface area is 258 Å². The van der Waals surface area contributed by atoms with Gasteiger partial charge in [-0.1, -0.05) is 19.1 Å². The topological polar surface area (TPSA) is 69.2 Å². The number of hydrogen-bond acceptors (Lipinski definition) is 9. The molecule has 3 aliphatic heterocycles. The lowest BCUT2D eigenvalue weighted by atomic mass is 9.98. The third-order valence-electron chi connectivity index (χ3n) is 9.41. The third kappa shape index (κ3) is 6.18. The zero-order valence-corrected chi connectivity index (χ0v) is 26.0. The van der Waals surface area contributed by atoms with E-state index in [1.165, 1.54) is 17.5 Å². The van der Waals surface area contributed by atoms with Gasteiger partial charge in [-0.2, -0.15) is 0 Å². The number of ether oxygens (including phenoxy) is 1. The standard InChI is InChI=1S/C33H43F2N7O2/c1-5-41-22(2)19-40(20-23(41)3)24-11-14-39(15-12-24)25-9-10-28(30(17-25)43-4)38-31-18-32(37-21-36-31)42-29(13-16-44-42)26-7-6-8-27(34)33(26)35/h6-10,17-18,21-24,29H,5,11-16,19-20H2,1-4H3,(H,36,37,38)/t22-,23+,29-/m1/s1. The molecule has 0 aliphatic carbocycles. The fourth-order valence-electron chi connectivity index (χ4n) is 7.22. The molecule has 6 rings (SSSR count). The van der Waals surface area contributed by atoms with Crippen LogP contribution in [-0.2, 0) is 4.84 Å². The number of piperidine rings is 1. The van der Waals surface area contributed by atoms with E-state index in [0.29, 0.717) is 48.5 Å². The summed E-state index contributed by atoms with van der Waals surface area (Å²) >= 11 is 0. The van der Waals surface area contributed by atoms with Crippen molar-refractivity contribution >= 4 is 23.0 Å². The highest BCUT2D eigenvalue weighted by Crippen LogP contribution is 2.38. The van der Waals surface area contributed by atoms with Gasteiger partial charge in [-0.25, -0.2) is 23.8 Å². The Kier molecular flexibility index (Phi) is 9.16. The van der Waals surface area contributed by atoms with Crippen LogP contribution in [0.5, 0.6) is 5.75 Å². The van der Waals surface area contributed by atoms with Crippen molar-refractivity contribution in [2.75, 3.05) is 61.7 Å². The van der Waals surface area contributed by atoms with Gasteiger partial charge in [-0.3, -0.25) is 14.6 Å². The van der Waals surface area contributed by atoms with Gasteiger partial charge in [0.05, 0.1) is 25.4 Å². The number of methoxy groups -OCH3 is 1. The van der Waals surface area contributed by atoms with Gasteiger partial charge >= 0.3 is 0 Å². The molecule has 236 valence electrons. The van der Waals surface area contributed by atoms with Gasteiger partial charge in [-0.15, -0.1) is 0 Å². The average molecular weight is 608 g/mol. The van der Waals surface area contributed by atoms with Crippen molar-refractivity contribution < 1.29 is 18.4 Å². The molecule has 0 unspecified atom stereocenters. The number of rotatable bonds is 8. The average Bonchev–Trinajstić information content (AvgIpc) is 3.52. The molecule has 9 nitrogen and oxygen atoms in total. The van der Waals surface area contributed by atoms with Crippen LogP contribution < -0.4 is 20.0 Å². The number of halogens is 2. The van der Waals surface area contributed by atoms with Crippen LogP contribution in [0.25, 0.3) is 0 Å². The fraction of sp³-hybridized carbons (Fsp3) is 0.515. The van der Waals surface area contributed by atoms with Crippen LogP contribution in [0.1, 0.15) is 51.6 Å². The molecule has 3 saturated heterocycles. The summed E-state index contributed by atoms with van der Waals surface area (Å²) < 4.78 is 34.3. The summed E-state index contributed by atoms with van der Waals surface area (Å²) in [7, 11) is 1.66. The maximum absolute atomic E-state index is 14.6. The Hall–Kier alpha value is -3.54. The van der Waals surface area contributed by atoms with E-state index in [9.17, 15) is 8.78 Å². The number of nitrogens with zero attached hydrogens (tertiary/aromatic N) is 6. The summed E-state index contributed by atoms with van der Waals surface area (Å²) in [5, 5.41) is 4.87. The normalized spacial score (nSPS) is 23.7. The molecule has 3 aliphatic rings. The Morgan fingerprint density at radius 3 is 2.50 bits per heavy atom. The Bertz CT molecular complexity index is 1420. The summed E-state index contributed by atoms with van der Waals surface area (Å²) in [4.78, 5) is 22.3. The zero-order valence-electron chi connectivity index (χ0n) is 26.0. The van der Waals surface area contributed by atoms with Gasteiger partial charge in [0.25, 0.3) is 0 Å². The van der Waals surface area contributed by atoms with E-state index in [2.05, 4.69) is 62.9 Å². The first-order chi connectivity index (χ1) is 21.4. The van der Waals surface area contributed by atoms with E-state index in [-0.39, 0.29) is 5.56 Å².